The first-order valence-electron chi connectivity index (χ1n) is 11.0. The van der Waals surface area contributed by atoms with Gasteiger partial charge in [0, 0.05) is 50.5 Å². The lowest BCUT2D eigenvalue weighted by molar-refractivity contribution is 0.0746. The fraction of sp³-hybridized carbons (Fsp3) is 0.458. The number of rotatable bonds is 7. The van der Waals surface area contributed by atoms with Crippen LogP contribution >= 0.6 is 0 Å². The molecule has 3 rings (SSSR count). The smallest absolute Gasteiger partial charge is 0.254 e. The lowest BCUT2D eigenvalue weighted by Crippen LogP contribution is -2.49. The molecule has 1 amide bonds. The second-order valence-electron chi connectivity index (χ2n) is 7.95. The van der Waals surface area contributed by atoms with Gasteiger partial charge in [0.2, 0.25) is 10.0 Å². The number of aryl methyl sites for hydroxylation is 1. The van der Waals surface area contributed by atoms with Gasteiger partial charge in [-0.1, -0.05) is 26.0 Å². The summed E-state index contributed by atoms with van der Waals surface area (Å²) < 4.78 is 32.9. The predicted octanol–water partition coefficient (Wildman–Crippen LogP) is 3.30. The lowest BCUT2D eigenvalue weighted by atomic mass is 10.1. The Balaban J connectivity index is 1.81. The second kappa shape index (κ2) is 9.92. The first-order valence-corrected chi connectivity index (χ1v) is 12.5. The molecule has 7 nitrogen and oxygen atoms in total. The van der Waals surface area contributed by atoms with Crippen molar-refractivity contribution in [1.82, 2.24) is 9.21 Å². The molecular weight excluding hydrogens is 426 g/mol. The van der Waals surface area contributed by atoms with Gasteiger partial charge in [-0.15, -0.1) is 0 Å². The predicted molar refractivity (Wildman–Crippen MR) is 127 cm³/mol. The van der Waals surface area contributed by atoms with E-state index in [0.717, 1.165) is 13.1 Å². The highest BCUT2D eigenvalue weighted by Crippen LogP contribution is 2.29. The maximum absolute atomic E-state index is 13.2. The number of sulfonamides is 1. The molecule has 1 aliphatic rings. The van der Waals surface area contributed by atoms with Crippen LogP contribution in [-0.4, -0.2) is 69.9 Å². The van der Waals surface area contributed by atoms with E-state index in [1.165, 1.54) is 34.3 Å². The summed E-state index contributed by atoms with van der Waals surface area (Å²) >= 11 is 0. The number of hydrogen-bond acceptors (Lipinski definition) is 5. The minimum atomic E-state index is -3.76. The molecule has 1 heterocycles. The van der Waals surface area contributed by atoms with E-state index >= 15 is 0 Å². The monoisotopic (exact) mass is 459 g/mol. The average Bonchev–Trinajstić information content (AvgIpc) is 2.80. The molecule has 0 bridgehead atoms. The molecule has 0 N–H and O–H groups in total. The number of benzene rings is 2. The molecule has 1 saturated heterocycles. The molecule has 0 saturated carbocycles. The summed E-state index contributed by atoms with van der Waals surface area (Å²) in [5.41, 5.74) is 4.07. The van der Waals surface area contributed by atoms with E-state index in [-0.39, 0.29) is 16.6 Å². The summed E-state index contributed by atoms with van der Waals surface area (Å²) in [6.45, 7) is 11.1. The van der Waals surface area contributed by atoms with Gasteiger partial charge >= 0.3 is 0 Å². The standard InChI is InChI=1S/C24H33N3O4S/c1-6-27(7-2)32(29,30)23-17-20(11-12-22(23)31-5)24(28)26-15-13-25(14-16-26)21-10-8-9-18(3)19(21)4/h8-12,17H,6-7,13-16H2,1-5H3. The van der Waals surface area contributed by atoms with Gasteiger partial charge in [0.15, 0.2) is 0 Å². The van der Waals surface area contributed by atoms with Crippen molar-refractivity contribution in [3.8, 4) is 5.75 Å². The summed E-state index contributed by atoms with van der Waals surface area (Å²) in [5.74, 6) is 0.0810. The Morgan fingerprint density at radius 2 is 1.69 bits per heavy atom. The number of ether oxygens (including phenoxy) is 1. The third-order valence-corrected chi connectivity index (χ3v) is 8.29. The van der Waals surface area contributed by atoms with E-state index in [9.17, 15) is 13.2 Å². The van der Waals surface area contributed by atoms with Crippen LogP contribution in [0, 0.1) is 13.8 Å². The van der Waals surface area contributed by atoms with Gasteiger partial charge in [0.05, 0.1) is 7.11 Å². The molecule has 2 aromatic carbocycles. The van der Waals surface area contributed by atoms with Gasteiger partial charge in [0.25, 0.3) is 5.91 Å². The van der Waals surface area contributed by atoms with Crippen molar-refractivity contribution in [2.45, 2.75) is 32.6 Å². The van der Waals surface area contributed by atoms with Crippen molar-refractivity contribution in [2.75, 3.05) is 51.3 Å². The van der Waals surface area contributed by atoms with Crippen LogP contribution < -0.4 is 9.64 Å². The van der Waals surface area contributed by atoms with Crippen molar-refractivity contribution in [3.63, 3.8) is 0 Å². The molecule has 1 aliphatic heterocycles. The topological polar surface area (TPSA) is 70.2 Å². The van der Waals surface area contributed by atoms with Crippen molar-refractivity contribution in [1.29, 1.82) is 0 Å². The Morgan fingerprint density at radius 1 is 1.03 bits per heavy atom. The van der Waals surface area contributed by atoms with Crippen LogP contribution in [0.1, 0.15) is 35.3 Å². The maximum atomic E-state index is 13.2. The van der Waals surface area contributed by atoms with Crippen LogP contribution in [0.5, 0.6) is 5.75 Å². The van der Waals surface area contributed by atoms with Crippen LogP contribution in [0.4, 0.5) is 5.69 Å². The van der Waals surface area contributed by atoms with Crippen molar-refractivity contribution >= 4 is 21.6 Å². The summed E-state index contributed by atoms with van der Waals surface area (Å²) in [5, 5.41) is 0. The van der Waals surface area contributed by atoms with E-state index in [4.69, 9.17) is 4.74 Å². The normalized spacial score (nSPS) is 14.7. The quantitative estimate of drug-likeness (QED) is 0.635. The molecule has 1 fully saturated rings. The molecule has 0 aromatic heterocycles. The first-order chi connectivity index (χ1) is 15.2. The molecule has 0 radical (unpaired) electrons. The number of hydrogen-bond donors (Lipinski definition) is 0. The first kappa shape index (κ1) is 24.1. The van der Waals surface area contributed by atoms with Gasteiger partial charge in [-0.05, 0) is 49.2 Å². The van der Waals surface area contributed by atoms with E-state index in [2.05, 4.69) is 36.9 Å². The molecular formula is C24H33N3O4S. The molecule has 32 heavy (non-hydrogen) atoms. The molecule has 2 aromatic rings. The van der Waals surface area contributed by atoms with Crippen LogP contribution in [0.25, 0.3) is 0 Å². The highest BCUT2D eigenvalue weighted by atomic mass is 32.2. The minimum absolute atomic E-state index is 0.0311. The van der Waals surface area contributed by atoms with Gasteiger partial charge in [-0.25, -0.2) is 8.42 Å². The number of carbonyl (C=O) groups excluding carboxylic acids is 1. The molecule has 0 unspecified atom stereocenters. The number of anilines is 1. The van der Waals surface area contributed by atoms with Crippen LogP contribution in [0.3, 0.4) is 0 Å². The largest absolute Gasteiger partial charge is 0.495 e. The maximum Gasteiger partial charge on any atom is 0.254 e. The summed E-state index contributed by atoms with van der Waals surface area (Å²) in [7, 11) is -2.32. The zero-order valence-electron chi connectivity index (χ0n) is 19.6. The Hall–Kier alpha value is -2.58. The molecule has 174 valence electrons. The van der Waals surface area contributed by atoms with E-state index in [1.54, 1.807) is 30.9 Å². The molecule has 0 spiro atoms. The van der Waals surface area contributed by atoms with Crippen molar-refractivity contribution in [2.24, 2.45) is 0 Å². The number of carbonyl (C=O) groups is 1. The van der Waals surface area contributed by atoms with E-state index < -0.39 is 10.0 Å². The molecule has 0 atom stereocenters. The fourth-order valence-corrected chi connectivity index (χ4v) is 5.76. The zero-order valence-corrected chi connectivity index (χ0v) is 20.4. The van der Waals surface area contributed by atoms with Crippen LogP contribution in [0.15, 0.2) is 41.3 Å². The van der Waals surface area contributed by atoms with Gasteiger partial charge < -0.3 is 14.5 Å². The Bertz CT molecular complexity index is 1070. The third kappa shape index (κ3) is 4.61. The number of piperazine rings is 1. The number of amides is 1. The summed E-state index contributed by atoms with van der Waals surface area (Å²) in [6, 6.07) is 10.9. The molecule has 8 heteroatoms. The summed E-state index contributed by atoms with van der Waals surface area (Å²) in [6.07, 6.45) is 0. The Kier molecular flexibility index (Phi) is 7.46. The Morgan fingerprint density at radius 3 is 2.28 bits per heavy atom. The SMILES string of the molecule is CCN(CC)S(=O)(=O)c1cc(C(=O)N2CCN(c3cccc(C)c3C)CC2)ccc1OC. The van der Waals surface area contributed by atoms with Gasteiger partial charge in [-0.3, -0.25) is 4.79 Å². The summed E-state index contributed by atoms with van der Waals surface area (Å²) in [4.78, 5) is 17.3. The van der Waals surface area contributed by atoms with Crippen molar-refractivity contribution < 1.29 is 17.9 Å². The highest BCUT2D eigenvalue weighted by Gasteiger charge is 2.29. The van der Waals surface area contributed by atoms with Crippen LogP contribution in [0.2, 0.25) is 0 Å². The number of methoxy groups -OCH3 is 1. The van der Waals surface area contributed by atoms with Gasteiger partial charge in [0.1, 0.15) is 10.6 Å². The third-order valence-electron chi connectivity index (χ3n) is 6.22. The number of nitrogens with zero attached hydrogens (tertiary/aromatic N) is 3. The molecule has 0 aliphatic carbocycles. The van der Waals surface area contributed by atoms with Crippen molar-refractivity contribution in [3.05, 3.63) is 53.1 Å². The second-order valence-corrected chi connectivity index (χ2v) is 9.86. The highest BCUT2D eigenvalue weighted by molar-refractivity contribution is 7.89. The van der Waals surface area contributed by atoms with Crippen LogP contribution in [-0.2, 0) is 10.0 Å². The van der Waals surface area contributed by atoms with E-state index in [1.807, 2.05) is 0 Å². The minimum Gasteiger partial charge on any atom is -0.495 e. The Labute approximate surface area is 191 Å². The zero-order chi connectivity index (χ0) is 23.5. The van der Waals surface area contributed by atoms with Gasteiger partial charge in [-0.2, -0.15) is 4.31 Å². The fourth-order valence-electron chi connectivity index (χ4n) is 4.13. The average molecular weight is 460 g/mol. The lowest BCUT2D eigenvalue weighted by Gasteiger charge is -2.37. The van der Waals surface area contributed by atoms with E-state index in [0.29, 0.717) is 31.7 Å².